The summed E-state index contributed by atoms with van der Waals surface area (Å²) in [5.74, 6) is 0.672. The van der Waals surface area contributed by atoms with Crippen LogP contribution < -0.4 is 10.1 Å². The van der Waals surface area contributed by atoms with Gasteiger partial charge in [0.05, 0.1) is 6.54 Å². The van der Waals surface area contributed by atoms with Gasteiger partial charge < -0.3 is 10.1 Å². The van der Waals surface area contributed by atoms with E-state index >= 15 is 0 Å². The maximum Gasteiger partial charge on any atom is 0.401 e. The Bertz CT molecular complexity index is 379. The van der Waals surface area contributed by atoms with Crippen LogP contribution in [0.2, 0.25) is 0 Å². The standard InChI is InChI=1S/C14H21F3N2O/c1-3-18-10-12-4-6-13(7-5-12)20-9-8-19(2)11-14(15,16)17/h4-7,18H,3,8-11H2,1-2H3. The Balaban J connectivity index is 2.28. The summed E-state index contributed by atoms with van der Waals surface area (Å²) in [5, 5.41) is 3.21. The quantitative estimate of drug-likeness (QED) is 0.796. The third-order valence-electron chi connectivity index (χ3n) is 2.69. The summed E-state index contributed by atoms with van der Waals surface area (Å²) in [7, 11) is 1.43. The van der Waals surface area contributed by atoms with Crippen LogP contribution in [0.4, 0.5) is 13.2 Å². The first-order chi connectivity index (χ1) is 9.40. The Morgan fingerprint density at radius 3 is 2.40 bits per heavy atom. The molecule has 0 amide bonds. The van der Waals surface area contributed by atoms with Gasteiger partial charge in [-0.1, -0.05) is 19.1 Å². The van der Waals surface area contributed by atoms with Gasteiger partial charge in [0.1, 0.15) is 12.4 Å². The SMILES string of the molecule is CCNCc1ccc(OCCN(C)CC(F)(F)F)cc1. The van der Waals surface area contributed by atoms with Crippen molar-refractivity contribution in [1.29, 1.82) is 0 Å². The van der Waals surface area contributed by atoms with Crippen LogP contribution in [0.25, 0.3) is 0 Å². The molecule has 0 spiro atoms. The number of halogens is 3. The highest BCUT2D eigenvalue weighted by atomic mass is 19.4. The molecule has 0 saturated carbocycles. The maximum atomic E-state index is 12.1. The Labute approximate surface area is 117 Å². The van der Waals surface area contributed by atoms with Gasteiger partial charge >= 0.3 is 6.18 Å². The van der Waals surface area contributed by atoms with Crippen molar-refractivity contribution in [3.05, 3.63) is 29.8 Å². The lowest BCUT2D eigenvalue weighted by Crippen LogP contribution is -2.33. The highest BCUT2D eigenvalue weighted by Gasteiger charge is 2.28. The summed E-state index contributed by atoms with van der Waals surface area (Å²) in [4.78, 5) is 1.19. The molecule has 0 saturated heterocycles. The van der Waals surface area contributed by atoms with Crippen molar-refractivity contribution in [2.45, 2.75) is 19.6 Å². The van der Waals surface area contributed by atoms with Gasteiger partial charge in [-0.05, 0) is 31.3 Å². The number of nitrogens with one attached hydrogen (secondary N) is 1. The number of ether oxygens (including phenoxy) is 1. The molecule has 0 aromatic heterocycles. The van der Waals surface area contributed by atoms with E-state index in [2.05, 4.69) is 5.32 Å². The molecule has 1 N–H and O–H groups in total. The van der Waals surface area contributed by atoms with Crippen LogP contribution in [-0.2, 0) is 6.54 Å². The van der Waals surface area contributed by atoms with Gasteiger partial charge in [-0.25, -0.2) is 0 Å². The first kappa shape index (κ1) is 16.8. The minimum atomic E-state index is -4.16. The third-order valence-corrected chi connectivity index (χ3v) is 2.69. The van der Waals surface area contributed by atoms with Gasteiger partial charge in [-0.2, -0.15) is 13.2 Å². The van der Waals surface area contributed by atoms with Crippen molar-refractivity contribution in [3.8, 4) is 5.75 Å². The molecule has 0 aliphatic rings. The average molecular weight is 290 g/mol. The molecule has 0 aliphatic heterocycles. The fraction of sp³-hybridized carbons (Fsp3) is 0.571. The Morgan fingerprint density at radius 1 is 1.20 bits per heavy atom. The van der Waals surface area contributed by atoms with Gasteiger partial charge in [0.25, 0.3) is 0 Å². The van der Waals surface area contributed by atoms with E-state index in [0.717, 1.165) is 18.7 Å². The van der Waals surface area contributed by atoms with Crippen LogP contribution in [0.15, 0.2) is 24.3 Å². The van der Waals surface area contributed by atoms with Crippen LogP contribution in [-0.4, -0.2) is 44.4 Å². The molecule has 0 aliphatic carbocycles. The van der Waals surface area contributed by atoms with Crippen LogP contribution in [0, 0.1) is 0 Å². The summed E-state index contributed by atoms with van der Waals surface area (Å²) in [5.41, 5.74) is 1.15. The smallest absolute Gasteiger partial charge is 0.401 e. The normalized spacial score (nSPS) is 11.9. The largest absolute Gasteiger partial charge is 0.492 e. The highest BCUT2D eigenvalue weighted by Crippen LogP contribution is 2.16. The summed E-state index contributed by atoms with van der Waals surface area (Å²) in [6.45, 7) is 3.29. The molecular formula is C14H21F3N2O. The Hall–Kier alpha value is -1.27. The minimum absolute atomic E-state index is 0.235. The molecule has 1 aromatic carbocycles. The molecule has 0 bridgehead atoms. The molecule has 0 radical (unpaired) electrons. The predicted octanol–water partition coefficient (Wildman–Crippen LogP) is 2.67. The first-order valence-corrected chi connectivity index (χ1v) is 6.58. The summed E-state index contributed by atoms with van der Waals surface area (Å²) >= 11 is 0. The molecule has 1 aromatic rings. The van der Waals surface area contributed by atoms with E-state index in [1.54, 1.807) is 0 Å². The number of hydrogen-bond donors (Lipinski definition) is 1. The van der Waals surface area contributed by atoms with Crippen molar-refractivity contribution >= 4 is 0 Å². The second-order valence-corrected chi connectivity index (χ2v) is 4.63. The van der Waals surface area contributed by atoms with Gasteiger partial charge in [-0.3, -0.25) is 4.90 Å². The molecule has 0 atom stereocenters. The molecule has 114 valence electrons. The van der Waals surface area contributed by atoms with Gasteiger partial charge in [0.2, 0.25) is 0 Å². The number of nitrogens with zero attached hydrogens (tertiary/aromatic N) is 1. The molecule has 0 unspecified atom stereocenters. The molecule has 0 fully saturated rings. The zero-order chi connectivity index (χ0) is 15.0. The zero-order valence-corrected chi connectivity index (χ0v) is 11.8. The average Bonchev–Trinajstić information content (AvgIpc) is 2.35. The van der Waals surface area contributed by atoms with Gasteiger partial charge in [0, 0.05) is 13.1 Å². The van der Waals surface area contributed by atoms with Gasteiger partial charge in [-0.15, -0.1) is 0 Å². The van der Waals surface area contributed by atoms with Crippen molar-refractivity contribution in [1.82, 2.24) is 10.2 Å². The molecular weight excluding hydrogens is 269 g/mol. The van der Waals surface area contributed by atoms with E-state index in [9.17, 15) is 13.2 Å². The lowest BCUT2D eigenvalue weighted by molar-refractivity contribution is -0.143. The number of likely N-dealkylation sites (N-methyl/N-ethyl adjacent to an activating group) is 1. The Kier molecular flexibility index (Phi) is 6.81. The fourth-order valence-electron chi connectivity index (χ4n) is 1.68. The van der Waals surface area contributed by atoms with Crippen molar-refractivity contribution in [3.63, 3.8) is 0 Å². The lowest BCUT2D eigenvalue weighted by atomic mass is 10.2. The molecule has 20 heavy (non-hydrogen) atoms. The van der Waals surface area contributed by atoms with Crippen LogP contribution in [0.1, 0.15) is 12.5 Å². The number of rotatable bonds is 8. The molecule has 0 heterocycles. The first-order valence-electron chi connectivity index (χ1n) is 6.58. The van der Waals surface area contributed by atoms with E-state index in [-0.39, 0.29) is 13.2 Å². The van der Waals surface area contributed by atoms with Crippen molar-refractivity contribution < 1.29 is 17.9 Å². The number of alkyl halides is 3. The second kappa shape index (κ2) is 8.11. The lowest BCUT2D eigenvalue weighted by Gasteiger charge is -2.18. The second-order valence-electron chi connectivity index (χ2n) is 4.63. The third kappa shape index (κ3) is 7.35. The van der Waals surface area contributed by atoms with Crippen molar-refractivity contribution in [2.24, 2.45) is 0 Å². The number of hydrogen-bond acceptors (Lipinski definition) is 3. The van der Waals surface area contributed by atoms with E-state index < -0.39 is 12.7 Å². The van der Waals surface area contributed by atoms with Crippen LogP contribution in [0.5, 0.6) is 5.75 Å². The molecule has 3 nitrogen and oxygen atoms in total. The van der Waals surface area contributed by atoms with E-state index in [1.165, 1.54) is 11.9 Å². The van der Waals surface area contributed by atoms with Crippen molar-refractivity contribution in [2.75, 3.05) is 33.3 Å². The summed E-state index contributed by atoms with van der Waals surface area (Å²) in [6.07, 6.45) is -4.16. The van der Waals surface area contributed by atoms with E-state index in [1.807, 2.05) is 31.2 Å². The maximum absolute atomic E-state index is 12.1. The zero-order valence-electron chi connectivity index (χ0n) is 11.8. The monoisotopic (exact) mass is 290 g/mol. The van der Waals surface area contributed by atoms with E-state index in [4.69, 9.17) is 4.74 Å². The molecule has 1 rings (SSSR count). The fourth-order valence-corrected chi connectivity index (χ4v) is 1.68. The highest BCUT2D eigenvalue weighted by molar-refractivity contribution is 5.27. The van der Waals surface area contributed by atoms with Crippen LogP contribution in [0.3, 0.4) is 0 Å². The Morgan fingerprint density at radius 2 is 1.85 bits per heavy atom. The predicted molar refractivity (Wildman–Crippen MR) is 72.9 cm³/mol. The van der Waals surface area contributed by atoms with Gasteiger partial charge in [0.15, 0.2) is 0 Å². The van der Waals surface area contributed by atoms with E-state index in [0.29, 0.717) is 5.75 Å². The summed E-state index contributed by atoms with van der Waals surface area (Å²) in [6, 6.07) is 7.54. The minimum Gasteiger partial charge on any atom is -0.492 e. The van der Waals surface area contributed by atoms with Crippen LogP contribution >= 0.6 is 0 Å². The summed E-state index contributed by atoms with van der Waals surface area (Å²) < 4.78 is 41.8. The topological polar surface area (TPSA) is 24.5 Å². The molecule has 6 heteroatoms. The number of benzene rings is 1.